The van der Waals surface area contributed by atoms with Crippen molar-refractivity contribution in [1.82, 2.24) is 5.32 Å². The number of nitrogens with one attached hydrogen (secondary N) is 4. The van der Waals surface area contributed by atoms with Gasteiger partial charge in [-0.3, -0.25) is 4.79 Å². The van der Waals surface area contributed by atoms with Gasteiger partial charge in [-0.15, -0.1) is 0 Å². The highest BCUT2D eigenvalue weighted by atomic mass is 32.1. The van der Waals surface area contributed by atoms with Gasteiger partial charge in [-0.2, -0.15) is 25.3 Å². The number of hydrogen-bond acceptors (Lipinski definition) is 8. The number of carbonyl (C=O) groups excluding carboxylic acids is 1. The van der Waals surface area contributed by atoms with E-state index >= 15 is 0 Å². The van der Waals surface area contributed by atoms with Crippen LogP contribution in [0.15, 0.2) is 84.9 Å². The lowest BCUT2D eigenvalue weighted by Crippen LogP contribution is -2.34. The summed E-state index contributed by atoms with van der Waals surface area (Å²) in [6.45, 7) is 11.2. The quantitative estimate of drug-likeness (QED) is 0.0735. The van der Waals surface area contributed by atoms with Gasteiger partial charge < -0.3 is 32.7 Å². The van der Waals surface area contributed by atoms with Crippen LogP contribution in [-0.4, -0.2) is 42.6 Å². The first-order valence-electron chi connectivity index (χ1n) is 15.6. The zero-order chi connectivity index (χ0) is 33.5. The van der Waals surface area contributed by atoms with Crippen LogP contribution in [0.4, 0.5) is 17.1 Å². The van der Waals surface area contributed by atoms with Crippen LogP contribution in [0, 0.1) is 27.7 Å². The van der Waals surface area contributed by atoms with Gasteiger partial charge in [0.1, 0.15) is 0 Å². The number of aryl methyl sites for hydroxylation is 2. The first kappa shape index (κ1) is 37.0. The number of nitrogens with two attached hydrogens (primary N) is 2. The number of amides is 1. The molecule has 7 nitrogen and oxygen atoms in total. The molecule has 0 bridgehead atoms. The monoisotopic (exact) mass is 658 g/mol. The minimum absolute atomic E-state index is 0.0316. The summed E-state index contributed by atoms with van der Waals surface area (Å²) in [5.74, 6) is 1.23. The third-order valence-electron chi connectivity index (χ3n) is 7.83. The van der Waals surface area contributed by atoms with E-state index in [9.17, 15) is 4.79 Å². The lowest BCUT2D eigenvalue weighted by atomic mass is 10.1. The molecule has 0 aliphatic heterocycles. The van der Waals surface area contributed by atoms with Crippen molar-refractivity contribution in [1.29, 1.82) is 0 Å². The second kappa shape index (κ2) is 19.3. The van der Waals surface area contributed by atoms with Crippen LogP contribution in [-0.2, 0) is 13.1 Å². The second-order valence-electron chi connectivity index (χ2n) is 11.6. The number of carbonyl (C=O) groups is 1. The summed E-state index contributed by atoms with van der Waals surface area (Å²) in [4.78, 5) is 12.5. The summed E-state index contributed by atoms with van der Waals surface area (Å²) < 4.78 is 0. The Hall–Kier alpha value is -3.47. The molecule has 2 atom stereocenters. The normalized spacial score (nSPS) is 12.0. The van der Waals surface area contributed by atoms with Gasteiger partial charge in [-0.25, -0.2) is 0 Å². The summed E-state index contributed by atoms with van der Waals surface area (Å²) in [6, 6.07) is 28.4. The Bertz CT molecular complexity index is 1550. The molecule has 0 spiro atoms. The summed E-state index contributed by atoms with van der Waals surface area (Å²) in [5.41, 5.74) is 22.6. The largest absolute Gasteiger partial charge is 0.383 e. The Balaban J connectivity index is 0.000000251. The van der Waals surface area contributed by atoms with Crippen molar-refractivity contribution in [3.05, 3.63) is 124 Å². The molecular weight excluding hydrogens is 609 g/mol. The molecule has 0 saturated heterocycles. The van der Waals surface area contributed by atoms with Crippen LogP contribution >= 0.6 is 25.3 Å². The maximum Gasteiger partial charge on any atom is 0.255 e. The molecule has 4 rings (SSSR count). The van der Waals surface area contributed by atoms with Crippen molar-refractivity contribution in [3.8, 4) is 0 Å². The van der Waals surface area contributed by atoms with Crippen LogP contribution in [0.5, 0.6) is 0 Å². The van der Waals surface area contributed by atoms with E-state index < -0.39 is 0 Å². The predicted molar refractivity (Wildman–Crippen MR) is 204 cm³/mol. The van der Waals surface area contributed by atoms with Crippen molar-refractivity contribution >= 4 is 48.2 Å². The maximum atomic E-state index is 12.5. The van der Waals surface area contributed by atoms with E-state index in [0.717, 1.165) is 41.2 Å². The van der Waals surface area contributed by atoms with Gasteiger partial charge in [-0.05, 0) is 97.5 Å². The molecular formula is C37H50N6OS2. The zero-order valence-electron chi connectivity index (χ0n) is 27.4. The standard InChI is InChI=1S/C19H25N3OS.C18H25N3S/c1-13-5-3-8-18(14(13)2)22-19(23)16-7-4-6-15(9-16)10-21-11-17(20)12-24;1-13-5-3-8-18(14(13)2)21-10-15-6-4-7-17(9-15)20-11-16(19)12-22/h3-9,17,21,24H,10-12,20H2,1-2H3,(H,22,23);3-9,16,20-22H,10-12,19H2,1-2H3/t17-;16-/m11/s1. The fraction of sp³-hybridized carbons (Fsp3) is 0.324. The van der Waals surface area contributed by atoms with Crippen LogP contribution in [0.2, 0.25) is 0 Å². The SMILES string of the molecule is Cc1cccc(NC(=O)c2cccc(CNC[C@@H](N)CS)c2)c1C.Cc1cccc(NCc2cccc(NC[C@@H](N)CS)c2)c1C. The van der Waals surface area contributed by atoms with Gasteiger partial charge in [0.2, 0.25) is 0 Å². The first-order valence-corrected chi connectivity index (χ1v) is 16.9. The van der Waals surface area contributed by atoms with Gasteiger partial charge >= 0.3 is 0 Å². The molecule has 0 heterocycles. The lowest BCUT2D eigenvalue weighted by molar-refractivity contribution is 0.102. The maximum absolute atomic E-state index is 12.5. The molecule has 4 aromatic carbocycles. The molecule has 0 aliphatic rings. The van der Waals surface area contributed by atoms with Gasteiger partial charge in [-0.1, -0.05) is 48.5 Å². The van der Waals surface area contributed by atoms with E-state index in [-0.39, 0.29) is 18.0 Å². The molecule has 8 N–H and O–H groups in total. The minimum atomic E-state index is -0.0994. The minimum Gasteiger partial charge on any atom is -0.383 e. The highest BCUT2D eigenvalue weighted by Crippen LogP contribution is 2.21. The molecule has 1 amide bonds. The molecule has 0 aliphatic carbocycles. The molecule has 0 saturated carbocycles. The van der Waals surface area contributed by atoms with Gasteiger partial charge in [0.05, 0.1) is 0 Å². The second-order valence-corrected chi connectivity index (χ2v) is 12.3. The Morgan fingerprint density at radius 3 is 1.91 bits per heavy atom. The topological polar surface area (TPSA) is 117 Å². The molecule has 4 aromatic rings. The van der Waals surface area contributed by atoms with Crippen molar-refractivity contribution in [3.63, 3.8) is 0 Å². The van der Waals surface area contributed by atoms with Crippen molar-refractivity contribution in [2.24, 2.45) is 11.5 Å². The number of rotatable bonds is 14. The van der Waals surface area contributed by atoms with Gasteiger partial charge in [0.15, 0.2) is 0 Å². The smallest absolute Gasteiger partial charge is 0.255 e. The summed E-state index contributed by atoms with van der Waals surface area (Å²) >= 11 is 8.36. The number of hydrogen-bond donors (Lipinski definition) is 8. The zero-order valence-corrected chi connectivity index (χ0v) is 29.2. The first-order chi connectivity index (χ1) is 22.1. The van der Waals surface area contributed by atoms with Crippen LogP contribution in [0.25, 0.3) is 0 Å². The Morgan fingerprint density at radius 2 is 1.24 bits per heavy atom. The fourth-order valence-corrected chi connectivity index (χ4v) is 4.87. The van der Waals surface area contributed by atoms with Gasteiger partial charge in [0.25, 0.3) is 5.91 Å². The summed E-state index contributed by atoms with van der Waals surface area (Å²) in [6.07, 6.45) is 0. The van der Waals surface area contributed by atoms with Crippen LogP contribution < -0.4 is 32.7 Å². The van der Waals surface area contributed by atoms with Gasteiger partial charge in [0, 0.05) is 72.4 Å². The van der Waals surface area contributed by atoms with Crippen molar-refractivity contribution in [2.75, 3.05) is 40.5 Å². The molecule has 0 aromatic heterocycles. The van der Waals surface area contributed by atoms with E-state index in [0.29, 0.717) is 30.2 Å². The number of thiol groups is 2. The Labute approximate surface area is 286 Å². The highest BCUT2D eigenvalue weighted by molar-refractivity contribution is 7.80. The third kappa shape index (κ3) is 12.0. The van der Waals surface area contributed by atoms with E-state index in [1.165, 1.54) is 22.4 Å². The van der Waals surface area contributed by atoms with E-state index in [1.807, 2.05) is 56.3 Å². The fourth-order valence-electron chi connectivity index (χ4n) is 4.61. The Morgan fingerprint density at radius 1 is 0.674 bits per heavy atom. The molecule has 0 radical (unpaired) electrons. The summed E-state index contributed by atoms with van der Waals surface area (Å²) in [5, 5.41) is 13.1. The van der Waals surface area contributed by atoms with Crippen LogP contribution in [0.1, 0.15) is 43.7 Å². The predicted octanol–water partition coefficient (Wildman–Crippen LogP) is 6.49. The van der Waals surface area contributed by atoms with Crippen LogP contribution in [0.3, 0.4) is 0 Å². The molecule has 246 valence electrons. The van der Waals surface area contributed by atoms with Crippen molar-refractivity contribution in [2.45, 2.75) is 52.9 Å². The number of anilines is 3. The molecule has 9 heteroatoms. The van der Waals surface area contributed by atoms with E-state index in [1.54, 1.807) is 0 Å². The lowest BCUT2D eigenvalue weighted by Gasteiger charge is -2.14. The Kier molecular flexibility index (Phi) is 15.5. The average Bonchev–Trinajstić information content (AvgIpc) is 3.07. The average molecular weight is 659 g/mol. The molecule has 0 fully saturated rings. The summed E-state index contributed by atoms with van der Waals surface area (Å²) in [7, 11) is 0. The molecule has 0 unspecified atom stereocenters. The van der Waals surface area contributed by atoms with Crippen molar-refractivity contribution < 1.29 is 4.79 Å². The highest BCUT2D eigenvalue weighted by Gasteiger charge is 2.10. The van der Waals surface area contributed by atoms with E-state index in [4.69, 9.17) is 11.5 Å². The molecule has 46 heavy (non-hydrogen) atoms. The van der Waals surface area contributed by atoms with E-state index in [2.05, 4.69) is 103 Å². The third-order valence-corrected chi connectivity index (χ3v) is 8.77. The number of benzene rings is 4.